The molecule has 1 amide bonds. The summed E-state index contributed by atoms with van der Waals surface area (Å²) in [5.74, 6) is -0.699. The molecule has 0 heterocycles. The molecule has 0 saturated carbocycles. The van der Waals surface area contributed by atoms with Crippen molar-refractivity contribution >= 4 is 11.9 Å². The molecular weight excluding hydrogens is 208 g/mol. The molecule has 0 spiro atoms. The van der Waals surface area contributed by atoms with Crippen LogP contribution in [-0.2, 0) is 9.59 Å². The second-order valence-electron chi connectivity index (χ2n) is 3.88. The van der Waals surface area contributed by atoms with Crippen molar-refractivity contribution in [1.82, 2.24) is 10.2 Å². The van der Waals surface area contributed by atoms with Crippen LogP contribution in [0.15, 0.2) is 0 Å². The molecule has 0 radical (unpaired) electrons. The molecule has 0 aliphatic carbocycles. The molecule has 1 unspecified atom stereocenters. The zero-order valence-electron chi connectivity index (χ0n) is 10.3. The number of hydrogen-bond donors (Lipinski definition) is 2. The summed E-state index contributed by atoms with van der Waals surface area (Å²) < 4.78 is 0. The van der Waals surface area contributed by atoms with Crippen molar-refractivity contribution in [2.75, 3.05) is 20.1 Å². The number of carbonyl (C=O) groups excluding carboxylic acids is 1. The van der Waals surface area contributed by atoms with E-state index in [-0.39, 0.29) is 18.4 Å². The number of nitrogens with zero attached hydrogens (tertiary/aromatic N) is 1. The molecule has 5 nitrogen and oxygen atoms in total. The van der Waals surface area contributed by atoms with Crippen molar-refractivity contribution in [2.45, 2.75) is 39.2 Å². The number of nitrogens with one attached hydrogen (secondary N) is 1. The third kappa shape index (κ3) is 6.40. The lowest BCUT2D eigenvalue weighted by Gasteiger charge is -2.20. The van der Waals surface area contributed by atoms with Crippen LogP contribution in [0.3, 0.4) is 0 Å². The van der Waals surface area contributed by atoms with E-state index in [0.717, 1.165) is 6.42 Å². The number of carboxylic acids is 1. The maximum atomic E-state index is 11.6. The summed E-state index contributed by atoms with van der Waals surface area (Å²) in [4.78, 5) is 23.5. The van der Waals surface area contributed by atoms with E-state index in [1.165, 1.54) is 0 Å². The Morgan fingerprint density at radius 1 is 1.38 bits per heavy atom. The summed E-state index contributed by atoms with van der Waals surface area (Å²) in [7, 11) is 1.77. The monoisotopic (exact) mass is 230 g/mol. The average molecular weight is 230 g/mol. The van der Waals surface area contributed by atoms with E-state index in [2.05, 4.69) is 5.32 Å². The average Bonchev–Trinajstić information content (AvgIpc) is 2.25. The topological polar surface area (TPSA) is 69.6 Å². The number of rotatable bonds is 8. The highest BCUT2D eigenvalue weighted by atomic mass is 16.4. The molecule has 0 aromatic carbocycles. The Morgan fingerprint density at radius 2 is 2.00 bits per heavy atom. The molecule has 1 atom stereocenters. The fourth-order valence-electron chi connectivity index (χ4n) is 1.29. The van der Waals surface area contributed by atoms with Gasteiger partial charge in [0.2, 0.25) is 5.91 Å². The maximum absolute atomic E-state index is 11.6. The predicted octanol–water partition coefficient (Wildman–Crippen LogP) is 0.698. The van der Waals surface area contributed by atoms with Crippen LogP contribution in [-0.4, -0.2) is 48.1 Å². The molecule has 0 fully saturated rings. The van der Waals surface area contributed by atoms with Gasteiger partial charge in [-0.2, -0.15) is 0 Å². The van der Waals surface area contributed by atoms with Crippen LogP contribution in [0.5, 0.6) is 0 Å². The minimum absolute atomic E-state index is 0.0701. The number of carboxylic acid groups (broad SMARTS) is 1. The zero-order valence-corrected chi connectivity index (χ0v) is 10.3. The summed E-state index contributed by atoms with van der Waals surface area (Å²) in [5, 5.41) is 11.5. The quantitative estimate of drug-likeness (QED) is 0.602. The smallest absolute Gasteiger partial charge is 0.303 e. The third-order valence-electron chi connectivity index (χ3n) is 2.49. The lowest BCUT2D eigenvalue weighted by atomic mass is 10.2. The van der Waals surface area contributed by atoms with Crippen LogP contribution >= 0.6 is 0 Å². The highest BCUT2D eigenvalue weighted by molar-refractivity contribution is 5.81. The minimum atomic E-state index is -0.769. The zero-order chi connectivity index (χ0) is 12.6. The highest BCUT2D eigenvalue weighted by Gasteiger charge is 2.14. The van der Waals surface area contributed by atoms with E-state index in [4.69, 9.17) is 5.11 Å². The van der Waals surface area contributed by atoms with Crippen LogP contribution in [0.1, 0.15) is 33.1 Å². The molecule has 0 aliphatic heterocycles. The lowest BCUT2D eigenvalue weighted by Crippen LogP contribution is -2.43. The van der Waals surface area contributed by atoms with Crippen molar-refractivity contribution in [2.24, 2.45) is 0 Å². The van der Waals surface area contributed by atoms with E-state index in [1.807, 2.05) is 13.8 Å². The highest BCUT2D eigenvalue weighted by Crippen LogP contribution is 1.96. The van der Waals surface area contributed by atoms with E-state index in [0.29, 0.717) is 19.5 Å². The fourth-order valence-corrected chi connectivity index (χ4v) is 1.29. The Bertz CT molecular complexity index is 231. The van der Waals surface area contributed by atoms with Gasteiger partial charge >= 0.3 is 5.97 Å². The standard InChI is InChI=1S/C11H22N2O3/c1-4-13(3)11(16)9(2)12-8-6-5-7-10(14)15/h9,12H,4-8H2,1-3H3,(H,14,15). The van der Waals surface area contributed by atoms with Gasteiger partial charge in [-0.05, 0) is 33.2 Å². The summed E-state index contributed by atoms with van der Waals surface area (Å²) in [6.07, 6.45) is 1.62. The number of carbonyl (C=O) groups is 2. The Balaban J connectivity index is 3.61. The first-order valence-corrected chi connectivity index (χ1v) is 5.69. The number of likely N-dealkylation sites (N-methyl/N-ethyl adjacent to an activating group) is 1. The van der Waals surface area contributed by atoms with Gasteiger partial charge in [-0.1, -0.05) is 0 Å². The van der Waals surface area contributed by atoms with Gasteiger partial charge in [0.1, 0.15) is 0 Å². The minimum Gasteiger partial charge on any atom is -0.481 e. The Morgan fingerprint density at radius 3 is 2.50 bits per heavy atom. The van der Waals surface area contributed by atoms with Crippen LogP contribution in [0.25, 0.3) is 0 Å². The predicted molar refractivity (Wildman–Crippen MR) is 62.3 cm³/mol. The van der Waals surface area contributed by atoms with Gasteiger partial charge in [-0.3, -0.25) is 9.59 Å². The maximum Gasteiger partial charge on any atom is 0.303 e. The Labute approximate surface area is 96.8 Å². The molecule has 0 aromatic heterocycles. The van der Waals surface area contributed by atoms with Crippen LogP contribution in [0.2, 0.25) is 0 Å². The fraction of sp³-hybridized carbons (Fsp3) is 0.818. The van der Waals surface area contributed by atoms with Gasteiger partial charge in [-0.25, -0.2) is 0 Å². The molecule has 0 aromatic rings. The van der Waals surface area contributed by atoms with E-state index in [1.54, 1.807) is 11.9 Å². The van der Waals surface area contributed by atoms with Crippen LogP contribution in [0, 0.1) is 0 Å². The first-order valence-electron chi connectivity index (χ1n) is 5.69. The largest absolute Gasteiger partial charge is 0.481 e. The van der Waals surface area contributed by atoms with Crippen molar-refractivity contribution in [3.8, 4) is 0 Å². The van der Waals surface area contributed by atoms with Crippen molar-refractivity contribution in [3.05, 3.63) is 0 Å². The van der Waals surface area contributed by atoms with Gasteiger partial charge in [0.05, 0.1) is 6.04 Å². The van der Waals surface area contributed by atoms with E-state index >= 15 is 0 Å². The number of aliphatic carboxylic acids is 1. The second kappa shape index (κ2) is 8.10. The molecular formula is C11H22N2O3. The molecule has 0 rings (SSSR count). The van der Waals surface area contributed by atoms with Gasteiger partial charge in [0, 0.05) is 20.0 Å². The third-order valence-corrected chi connectivity index (χ3v) is 2.49. The lowest BCUT2D eigenvalue weighted by molar-refractivity contribution is -0.137. The second-order valence-corrected chi connectivity index (χ2v) is 3.88. The van der Waals surface area contributed by atoms with Gasteiger partial charge in [0.15, 0.2) is 0 Å². The number of unbranched alkanes of at least 4 members (excludes halogenated alkanes) is 1. The normalized spacial score (nSPS) is 12.2. The van der Waals surface area contributed by atoms with Crippen molar-refractivity contribution < 1.29 is 14.7 Å². The molecule has 16 heavy (non-hydrogen) atoms. The van der Waals surface area contributed by atoms with Gasteiger partial charge in [-0.15, -0.1) is 0 Å². The van der Waals surface area contributed by atoms with Crippen LogP contribution < -0.4 is 5.32 Å². The van der Waals surface area contributed by atoms with Crippen molar-refractivity contribution in [1.29, 1.82) is 0 Å². The summed E-state index contributed by atoms with van der Waals surface area (Å²) >= 11 is 0. The summed E-state index contributed by atoms with van der Waals surface area (Å²) in [5.41, 5.74) is 0. The molecule has 94 valence electrons. The molecule has 5 heteroatoms. The molecule has 0 bridgehead atoms. The summed E-state index contributed by atoms with van der Waals surface area (Å²) in [6, 6.07) is -0.199. The van der Waals surface area contributed by atoms with E-state index < -0.39 is 5.97 Å². The van der Waals surface area contributed by atoms with Crippen LogP contribution in [0.4, 0.5) is 0 Å². The molecule has 0 aliphatic rings. The van der Waals surface area contributed by atoms with E-state index in [9.17, 15) is 9.59 Å². The van der Waals surface area contributed by atoms with Crippen molar-refractivity contribution in [3.63, 3.8) is 0 Å². The first kappa shape index (κ1) is 14.9. The summed E-state index contributed by atoms with van der Waals surface area (Å²) in [6.45, 7) is 5.13. The number of hydrogen-bond acceptors (Lipinski definition) is 3. The first-order chi connectivity index (χ1) is 7.49. The van der Waals surface area contributed by atoms with Gasteiger partial charge in [0.25, 0.3) is 0 Å². The molecule has 0 saturated heterocycles. The van der Waals surface area contributed by atoms with Gasteiger partial charge < -0.3 is 15.3 Å². The SMILES string of the molecule is CCN(C)C(=O)C(C)NCCCCC(=O)O. The number of amides is 1. The molecule has 2 N–H and O–H groups in total. The Kier molecular flexibility index (Phi) is 7.54. The Hall–Kier alpha value is -1.10.